The predicted molar refractivity (Wildman–Crippen MR) is 110 cm³/mol. The SMILES string of the molecule is CCCCCCN1CC2C(C1)C2(C)c1c(Cl)ccc(NS(C)(=O)=O)c1Cl. The number of rotatable bonds is 8. The Morgan fingerprint density at radius 2 is 1.85 bits per heavy atom. The molecule has 146 valence electrons. The number of nitrogens with one attached hydrogen (secondary N) is 1. The fourth-order valence-electron chi connectivity index (χ4n) is 4.60. The Labute approximate surface area is 167 Å². The van der Waals surface area contributed by atoms with Crippen LogP contribution in [0.25, 0.3) is 0 Å². The number of piperidine rings is 1. The van der Waals surface area contributed by atoms with Gasteiger partial charge in [-0.05, 0) is 42.5 Å². The summed E-state index contributed by atoms with van der Waals surface area (Å²) < 4.78 is 25.7. The summed E-state index contributed by atoms with van der Waals surface area (Å²) >= 11 is 13.1. The average molecular weight is 419 g/mol. The highest BCUT2D eigenvalue weighted by Gasteiger charge is 2.66. The first-order valence-corrected chi connectivity index (χ1v) is 12.0. The van der Waals surface area contributed by atoms with Gasteiger partial charge in [0.15, 0.2) is 0 Å². The second kappa shape index (κ2) is 7.50. The number of sulfonamides is 1. The Morgan fingerprint density at radius 1 is 1.19 bits per heavy atom. The fraction of sp³-hybridized carbons (Fsp3) is 0.684. The summed E-state index contributed by atoms with van der Waals surface area (Å²) in [5.74, 6) is 1.08. The van der Waals surface area contributed by atoms with E-state index in [1.54, 1.807) is 12.1 Å². The lowest BCUT2D eigenvalue weighted by Crippen LogP contribution is -2.30. The fourth-order valence-corrected chi connectivity index (χ4v) is 6.05. The molecular weight excluding hydrogens is 391 g/mol. The van der Waals surface area contributed by atoms with Crippen molar-refractivity contribution in [1.82, 2.24) is 4.90 Å². The molecule has 1 saturated heterocycles. The highest BCUT2D eigenvalue weighted by atomic mass is 35.5. The van der Waals surface area contributed by atoms with Crippen molar-refractivity contribution < 1.29 is 8.42 Å². The Balaban J connectivity index is 1.72. The molecule has 1 aromatic rings. The normalized spacial score (nSPS) is 28.2. The molecule has 1 N–H and O–H groups in total. The monoisotopic (exact) mass is 418 g/mol. The topological polar surface area (TPSA) is 49.4 Å². The van der Waals surface area contributed by atoms with Gasteiger partial charge in [0, 0.05) is 23.5 Å². The van der Waals surface area contributed by atoms with Crippen LogP contribution in [0, 0.1) is 11.8 Å². The predicted octanol–water partition coefficient (Wildman–Crippen LogP) is 4.76. The van der Waals surface area contributed by atoms with E-state index in [-0.39, 0.29) is 5.41 Å². The maximum Gasteiger partial charge on any atom is 0.229 e. The van der Waals surface area contributed by atoms with Gasteiger partial charge in [-0.1, -0.05) is 56.3 Å². The molecule has 0 bridgehead atoms. The molecule has 2 unspecified atom stereocenters. The van der Waals surface area contributed by atoms with Gasteiger partial charge in [-0.25, -0.2) is 8.42 Å². The minimum atomic E-state index is -3.38. The third kappa shape index (κ3) is 3.87. The van der Waals surface area contributed by atoms with Crippen LogP contribution in [0.4, 0.5) is 5.69 Å². The van der Waals surface area contributed by atoms with Crippen LogP contribution in [0.1, 0.15) is 45.1 Å². The summed E-state index contributed by atoms with van der Waals surface area (Å²) in [4.78, 5) is 2.55. The third-order valence-corrected chi connectivity index (χ3v) is 7.38. The van der Waals surface area contributed by atoms with Crippen molar-refractivity contribution >= 4 is 38.9 Å². The van der Waals surface area contributed by atoms with Crippen LogP contribution in [0.5, 0.6) is 0 Å². The molecule has 26 heavy (non-hydrogen) atoms. The Morgan fingerprint density at radius 3 is 2.42 bits per heavy atom. The second-order valence-electron chi connectivity index (χ2n) is 7.97. The molecule has 0 radical (unpaired) electrons. The van der Waals surface area contributed by atoms with Crippen molar-refractivity contribution in [2.45, 2.75) is 44.9 Å². The number of unbranched alkanes of at least 4 members (excludes halogenated alkanes) is 3. The molecule has 1 heterocycles. The molecule has 1 aromatic carbocycles. The van der Waals surface area contributed by atoms with Crippen LogP contribution in [-0.4, -0.2) is 39.2 Å². The number of halogens is 2. The van der Waals surface area contributed by atoms with Gasteiger partial charge in [0.25, 0.3) is 0 Å². The zero-order valence-corrected chi connectivity index (χ0v) is 18.0. The van der Waals surface area contributed by atoms with Crippen molar-refractivity contribution in [3.05, 3.63) is 27.7 Å². The van der Waals surface area contributed by atoms with Crippen LogP contribution < -0.4 is 4.72 Å². The van der Waals surface area contributed by atoms with Gasteiger partial charge in [-0.2, -0.15) is 0 Å². The van der Waals surface area contributed by atoms with E-state index in [4.69, 9.17) is 23.2 Å². The van der Waals surface area contributed by atoms with E-state index in [1.165, 1.54) is 32.2 Å². The number of hydrogen-bond donors (Lipinski definition) is 1. The second-order valence-corrected chi connectivity index (χ2v) is 10.5. The Bertz CT molecular complexity index is 770. The van der Waals surface area contributed by atoms with E-state index < -0.39 is 10.0 Å². The van der Waals surface area contributed by atoms with Gasteiger partial charge in [0.1, 0.15) is 0 Å². The quantitative estimate of drug-likeness (QED) is 0.618. The molecule has 1 aliphatic carbocycles. The first-order valence-electron chi connectivity index (χ1n) is 9.37. The smallest absolute Gasteiger partial charge is 0.229 e. The molecule has 7 heteroatoms. The zero-order valence-electron chi connectivity index (χ0n) is 15.7. The first kappa shape index (κ1) is 20.2. The van der Waals surface area contributed by atoms with Crippen molar-refractivity contribution in [2.24, 2.45) is 11.8 Å². The minimum absolute atomic E-state index is 0.0662. The number of benzene rings is 1. The van der Waals surface area contributed by atoms with Gasteiger partial charge < -0.3 is 4.90 Å². The van der Waals surface area contributed by atoms with E-state index >= 15 is 0 Å². The van der Waals surface area contributed by atoms with Gasteiger partial charge in [0.2, 0.25) is 10.0 Å². The van der Waals surface area contributed by atoms with Crippen LogP contribution in [0.3, 0.4) is 0 Å². The first-order chi connectivity index (χ1) is 12.2. The number of fused-ring (bicyclic) bond motifs is 1. The minimum Gasteiger partial charge on any atom is -0.303 e. The third-order valence-electron chi connectivity index (χ3n) is 6.08. The van der Waals surface area contributed by atoms with Crippen molar-refractivity contribution in [3.8, 4) is 0 Å². The average Bonchev–Trinajstić information content (AvgIpc) is 2.92. The van der Waals surface area contributed by atoms with E-state index in [0.717, 1.165) is 24.9 Å². The van der Waals surface area contributed by atoms with Crippen molar-refractivity contribution in [2.75, 3.05) is 30.6 Å². The molecule has 0 aromatic heterocycles. The number of nitrogens with zero attached hydrogens (tertiary/aromatic N) is 1. The summed E-state index contributed by atoms with van der Waals surface area (Å²) in [7, 11) is -3.38. The largest absolute Gasteiger partial charge is 0.303 e. The van der Waals surface area contributed by atoms with E-state index in [1.807, 2.05) is 0 Å². The summed E-state index contributed by atoms with van der Waals surface area (Å²) in [6.45, 7) is 7.76. The Kier molecular flexibility index (Phi) is 5.84. The Hall–Kier alpha value is -0.490. The van der Waals surface area contributed by atoms with Crippen molar-refractivity contribution in [1.29, 1.82) is 0 Å². The molecule has 0 amide bonds. The van der Waals surface area contributed by atoms with Crippen LogP contribution >= 0.6 is 23.2 Å². The molecule has 2 aliphatic rings. The lowest BCUT2D eigenvalue weighted by Gasteiger charge is -2.26. The standard InChI is InChI=1S/C19H28Cl2N2O2S/c1-4-5-6-7-10-23-11-13-14(12-23)19(13,2)17-15(20)8-9-16(18(17)21)22-26(3,24)25/h8-9,13-14,22H,4-7,10-12H2,1-3H3. The van der Waals surface area contributed by atoms with Crippen LogP contribution in [0.2, 0.25) is 10.0 Å². The summed E-state index contributed by atoms with van der Waals surface area (Å²) in [6, 6.07) is 3.38. The van der Waals surface area contributed by atoms with Gasteiger partial charge in [0.05, 0.1) is 17.0 Å². The molecule has 0 spiro atoms. The van der Waals surface area contributed by atoms with Gasteiger partial charge >= 0.3 is 0 Å². The maximum absolute atomic E-state index is 11.6. The van der Waals surface area contributed by atoms with Crippen LogP contribution in [-0.2, 0) is 15.4 Å². The molecule has 4 nitrogen and oxygen atoms in total. The van der Waals surface area contributed by atoms with E-state index in [0.29, 0.717) is 27.6 Å². The number of hydrogen-bond acceptors (Lipinski definition) is 3. The van der Waals surface area contributed by atoms with E-state index in [2.05, 4.69) is 23.5 Å². The maximum atomic E-state index is 11.6. The van der Waals surface area contributed by atoms with Crippen molar-refractivity contribution in [3.63, 3.8) is 0 Å². The summed E-state index contributed by atoms with van der Waals surface area (Å²) in [5, 5.41) is 1.06. The number of anilines is 1. The van der Waals surface area contributed by atoms with Crippen LogP contribution in [0.15, 0.2) is 12.1 Å². The molecule has 1 aliphatic heterocycles. The van der Waals surface area contributed by atoms with Gasteiger partial charge in [-0.15, -0.1) is 0 Å². The molecule has 2 atom stereocenters. The highest BCUT2D eigenvalue weighted by molar-refractivity contribution is 7.92. The molecule has 1 saturated carbocycles. The lowest BCUT2D eigenvalue weighted by molar-refractivity contribution is 0.271. The van der Waals surface area contributed by atoms with E-state index in [9.17, 15) is 8.42 Å². The molecule has 2 fully saturated rings. The van der Waals surface area contributed by atoms with Gasteiger partial charge in [-0.3, -0.25) is 4.72 Å². The zero-order chi connectivity index (χ0) is 19.1. The lowest BCUT2D eigenvalue weighted by atomic mass is 9.91. The molecule has 3 rings (SSSR count). The number of likely N-dealkylation sites (tertiary alicyclic amines) is 1. The summed E-state index contributed by atoms with van der Waals surface area (Å²) in [5.41, 5.74) is 1.25. The highest BCUT2D eigenvalue weighted by Crippen LogP contribution is 2.66. The summed E-state index contributed by atoms with van der Waals surface area (Å²) in [6.07, 6.45) is 6.26. The molecular formula is C19H28Cl2N2O2S.